The van der Waals surface area contributed by atoms with Crippen LogP contribution in [0.25, 0.3) is 6.08 Å². The summed E-state index contributed by atoms with van der Waals surface area (Å²) in [4.78, 5) is 0. The van der Waals surface area contributed by atoms with Crippen molar-refractivity contribution >= 4 is 27.5 Å². The number of benzene rings is 1. The highest BCUT2D eigenvalue weighted by molar-refractivity contribution is 7.91. The Labute approximate surface area is 119 Å². The summed E-state index contributed by atoms with van der Waals surface area (Å²) in [6.45, 7) is 0. The number of halogens is 3. The van der Waals surface area contributed by atoms with Gasteiger partial charge in [0.2, 0.25) is 9.84 Å². The number of aromatic amines is 1. The highest BCUT2D eigenvalue weighted by Crippen LogP contribution is 2.21. The highest BCUT2D eigenvalue weighted by atomic mass is 35.5. The van der Waals surface area contributed by atoms with E-state index >= 15 is 0 Å². The van der Waals surface area contributed by atoms with Crippen molar-refractivity contribution < 1.29 is 17.2 Å². The number of H-pyrrole nitrogens is 1. The van der Waals surface area contributed by atoms with Crippen LogP contribution in [-0.4, -0.2) is 24.4 Å². The van der Waals surface area contributed by atoms with Crippen molar-refractivity contribution in [1.29, 1.82) is 0 Å². The molecule has 0 spiro atoms. The average molecular weight is 319 g/mol. The van der Waals surface area contributed by atoms with E-state index in [0.717, 1.165) is 12.1 Å². The molecule has 0 radical (unpaired) electrons. The lowest BCUT2D eigenvalue weighted by molar-refractivity contribution is 0.582. The largest absolute Gasteiger partial charge is 0.283 e. The zero-order valence-electron chi connectivity index (χ0n) is 9.98. The van der Waals surface area contributed by atoms with Gasteiger partial charge in [-0.3, -0.25) is 5.10 Å². The van der Waals surface area contributed by atoms with Crippen molar-refractivity contribution in [3.05, 3.63) is 52.7 Å². The van der Waals surface area contributed by atoms with Crippen molar-refractivity contribution in [2.24, 2.45) is 0 Å². The third-order valence-corrected chi connectivity index (χ3v) is 4.31. The van der Waals surface area contributed by atoms with Gasteiger partial charge in [-0.15, -0.1) is 0 Å². The van der Waals surface area contributed by atoms with Gasteiger partial charge in [0.15, 0.2) is 5.03 Å². The molecule has 4 nitrogen and oxygen atoms in total. The molecule has 0 unspecified atom stereocenters. The molecule has 1 aromatic carbocycles. The van der Waals surface area contributed by atoms with Crippen LogP contribution in [0.2, 0.25) is 5.02 Å². The first-order chi connectivity index (χ1) is 9.38. The minimum atomic E-state index is -3.99. The van der Waals surface area contributed by atoms with Crippen LogP contribution in [-0.2, 0) is 9.84 Å². The maximum Gasteiger partial charge on any atom is 0.205 e. The van der Waals surface area contributed by atoms with Crippen LogP contribution in [0.3, 0.4) is 0 Å². The third kappa shape index (κ3) is 3.43. The monoisotopic (exact) mass is 318 g/mol. The van der Waals surface area contributed by atoms with E-state index in [1.54, 1.807) is 0 Å². The number of rotatable bonds is 4. The van der Waals surface area contributed by atoms with E-state index in [9.17, 15) is 17.2 Å². The fourth-order valence-corrected chi connectivity index (χ4v) is 3.12. The number of aromatic nitrogens is 2. The maximum atomic E-state index is 13.7. The molecule has 0 aliphatic rings. The Morgan fingerprint density at radius 1 is 1.45 bits per heavy atom. The molecule has 1 heterocycles. The van der Waals surface area contributed by atoms with Gasteiger partial charge in [-0.25, -0.2) is 17.2 Å². The molecule has 1 aromatic heterocycles. The summed E-state index contributed by atoms with van der Waals surface area (Å²) in [6, 6.07) is 5.15. The average Bonchev–Trinajstić information content (AvgIpc) is 2.75. The molecule has 0 saturated carbocycles. The summed E-state index contributed by atoms with van der Waals surface area (Å²) in [5, 5.41) is 5.22. The van der Waals surface area contributed by atoms with Crippen LogP contribution in [0.15, 0.2) is 41.3 Å². The Balaban J connectivity index is 2.24. The molecule has 8 heteroatoms. The van der Waals surface area contributed by atoms with Crippen LogP contribution in [0.1, 0.15) is 5.56 Å². The lowest BCUT2D eigenvalue weighted by Gasteiger charge is -2.00. The van der Waals surface area contributed by atoms with Gasteiger partial charge in [-0.1, -0.05) is 23.7 Å². The minimum absolute atomic E-state index is 0.108. The van der Waals surface area contributed by atoms with E-state index in [2.05, 4.69) is 10.2 Å². The van der Waals surface area contributed by atoms with Crippen LogP contribution < -0.4 is 0 Å². The molecule has 0 bridgehead atoms. The Morgan fingerprint density at radius 3 is 2.80 bits per heavy atom. The van der Waals surface area contributed by atoms with E-state index < -0.39 is 32.3 Å². The van der Waals surface area contributed by atoms with Gasteiger partial charge >= 0.3 is 0 Å². The van der Waals surface area contributed by atoms with Gasteiger partial charge in [-0.2, -0.15) is 5.10 Å². The molecule has 106 valence electrons. The summed E-state index contributed by atoms with van der Waals surface area (Å²) in [5.74, 6) is -2.37. The summed E-state index contributed by atoms with van der Waals surface area (Å²) < 4.78 is 50.4. The summed E-state index contributed by atoms with van der Waals surface area (Å²) >= 11 is 5.62. The quantitative estimate of drug-likeness (QED) is 0.942. The number of nitrogens with one attached hydrogen (secondary N) is 1. The molecule has 0 aliphatic heterocycles. The molecule has 0 atom stereocenters. The fraction of sp³-hybridized carbons (Fsp3) is 0.0833. The first-order valence-electron chi connectivity index (χ1n) is 5.42. The Bertz CT molecular complexity index is 756. The molecule has 2 aromatic rings. The number of hydrogen-bond acceptors (Lipinski definition) is 3. The second kappa shape index (κ2) is 5.72. The van der Waals surface area contributed by atoms with Crippen molar-refractivity contribution in [1.82, 2.24) is 10.2 Å². The predicted molar refractivity (Wildman–Crippen MR) is 71.1 cm³/mol. The van der Waals surface area contributed by atoms with E-state index in [1.807, 2.05) is 0 Å². The van der Waals surface area contributed by atoms with E-state index in [1.165, 1.54) is 24.4 Å². The number of nitrogens with zero attached hydrogens (tertiary/aromatic N) is 1. The standard InChI is InChI=1S/C12H9ClF2N2O2S/c13-11-6-16-17-12(11)20(18,19)7-10(15)5-8-2-1-3-9(14)4-8/h1-6H,7H2,(H,16,17). The first-order valence-corrected chi connectivity index (χ1v) is 7.45. The van der Waals surface area contributed by atoms with Crippen LogP contribution in [0, 0.1) is 5.82 Å². The Hall–Kier alpha value is -1.73. The third-order valence-electron chi connectivity index (χ3n) is 2.36. The highest BCUT2D eigenvalue weighted by Gasteiger charge is 2.22. The van der Waals surface area contributed by atoms with Gasteiger partial charge in [0.1, 0.15) is 17.4 Å². The van der Waals surface area contributed by atoms with E-state index in [4.69, 9.17) is 11.6 Å². The molecular weight excluding hydrogens is 310 g/mol. The number of hydrogen-bond donors (Lipinski definition) is 1. The molecule has 20 heavy (non-hydrogen) atoms. The molecule has 1 N–H and O–H groups in total. The summed E-state index contributed by atoms with van der Waals surface area (Å²) in [7, 11) is -3.99. The fourth-order valence-electron chi connectivity index (χ4n) is 1.55. The predicted octanol–water partition coefficient (Wildman–Crippen LogP) is 2.99. The maximum absolute atomic E-state index is 13.7. The first kappa shape index (κ1) is 14.7. The second-order valence-electron chi connectivity index (χ2n) is 3.94. The van der Waals surface area contributed by atoms with E-state index in [-0.39, 0.29) is 10.6 Å². The normalized spacial score (nSPS) is 12.7. The van der Waals surface area contributed by atoms with Crippen LogP contribution in [0.5, 0.6) is 0 Å². The van der Waals surface area contributed by atoms with Crippen molar-refractivity contribution in [3.63, 3.8) is 0 Å². The number of sulfone groups is 1. The summed E-state index contributed by atoms with van der Waals surface area (Å²) in [5.41, 5.74) is 0.228. The van der Waals surface area contributed by atoms with Gasteiger partial charge < -0.3 is 0 Å². The van der Waals surface area contributed by atoms with Crippen molar-refractivity contribution in [2.75, 3.05) is 5.75 Å². The lowest BCUT2D eigenvalue weighted by Crippen LogP contribution is -2.08. The van der Waals surface area contributed by atoms with Gasteiger partial charge in [0.05, 0.1) is 5.02 Å². The summed E-state index contributed by atoms with van der Waals surface area (Å²) in [6.07, 6.45) is 2.13. The van der Waals surface area contributed by atoms with Crippen LogP contribution in [0.4, 0.5) is 8.78 Å². The molecular formula is C12H9ClF2N2O2S. The van der Waals surface area contributed by atoms with E-state index in [0.29, 0.717) is 0 Å². The van der Waals surface area contributed by atoms with Crippen molar-refractivity contribution in [3.8, 4) is 0 Å². The van der Waals surface area contributed by atoms with Gasteiger partial charge in [0, 0.05) is 6.20 Å². The lowest BCUT2D eigenvalue weighted by atomic mass is 10.2. The Kier molecular flexibility index (Phi) is 4.20. The minimum Gasteiger partial charge on any atom is -0.283 e. The Morgan fingerprint density at radius 2 is 2.20 bits per heavy atom. The zero-order chi connectivity index (χ0) is 14.8. The molecule has 0 saturated heterocycles. The van der Waals surface area contributed by atoms with Crippen LogP contribution >= 0.6 is 11.6 Å². The second-order valence-corrected chi connectivity index (χ2v) is 6.26. The topological polar surface area (TPSA) is 62.8 Å². The molecule has 0 amide bonds. The SMILES string of the molecule is O=S(=O)(CC(F)=Cc1cccc(F)c1)c1n[nH]cc1Cl. The van der Waals surface area contributed by atoms with Crippen molar-refractivity contribution in [2.45, 2.75) is 5.03 Å². The molecule has 2 rings (SSSR count). The zero-order valence-corrected chi connectivity index (χ0v) is 11.5. The van der Waals surface area contributed by atoms with Gasteiger partial charge in [0.25, 0.3) is 0 Å². The molecule has 0 fully saturated rings. The van der Waals surface area contributed by atoms with Gasteiger partial charge in [-0.05, 0) is 23.8 Å². The molecule has 0 aliphatic carbocycles. The smallest absolute Gasteiger partial charge is 0.205 e.